The molecule has 0 aliphatic heterocycles. The fraction of sp³-hybridized carbons (Fsp3) is 0. The first kappa shape index (κ1) is 27.3. The predicted octanol–water partition coefficient (Wildman–Crippen LogP) is 10.2. The molecule has 5 heteroatoms. The van der Waals surface area contributed by atoms with Crippen LogP contribution in [-0.4, -0.2) is 0 Å². The first-order valence-corrected chi connectivity index (χ1v) is 15.0. The Morgan fingerprint density at radius 3 is 1.09 bits per heavy atom. The lowest BCUT2D eigenvalue weighted by Crippen LogP contribution is -1.93. The van der Waals surface area contributed by atoms with Crippen molar-refractivity contribution in [2.75, 3.05) is 0 Å². The molecule has 4 nitrogen and oxygen atoms in total. The van der Waals surface area contributed by atoms with E-state index in [1.54, 1.807) is 47.7 Å². The van der Waals surface area contributed by atoms with Gasteiger partial charge in [0.1, 0.15) is 0 Å². The molecule has 0 atom stereocenters. The largest absolute Gasteiger partial charge is 0.192 e. The Kier molecular flexibility index (Phi) is 6.86. The number of fused-ring (bicyclic) bond motifs is 3. The Balaban J connectivity index is 1.42. The van der Waals surface area contributed by atoms with Gasteiger partial charge in [0, 0.05) is 31.3 Å². The van der Waals surface area contributed by atoms with Crippen LogP contribution in [-0.2, 0) is 0 Å². The van der Waals surface area contributed by atoms with E-state index in [9.17, 15) is 21.0 Å². The Morgan fingerprint density at radius 1 is 0.378 bits per heavy atom. The van der Waals surface area contributed by atoms with Gasteiger partial charge in [-0.1, -0.05) is 72.8 Å². The molecule has 45 heavy (non-hydrogen) atoms. The molecule has 0 bridgehead atoms. The van der Waals surface area contributed by atoms with Gasteiger partial charge in [-0.25, -0.2) is 0 Å². The van der Waals surface area contributed by atoms with Gasteiger partial charge in [-0.3, -0.25) is 0 Å². The first-order chi connectivity index (χ1) is 22.1. The number of hydrogen-bond donors (Lipinski definition) is 0. The molecule has 0 saturated carbocycles. The van der Waals surface area contributed by atoms with Gasteiger partial charge in [0.05, 0.1) is 46.5 Å². The molecule has 7 rings (SSSR count). The molecule has 1 aromatic heterocycles. The normalized spacial score (nSPS) is 10.6. The molecule has 206 valence electrons. The zero-order valence-electron chi connectivity index (χ0n) is 23.7. The molecule has 0 aliphatic carbocycles. The van der Waals surface area contributed by atoms with Crippen LogP contribution in [0.3, 0.4) is 0 Å². The molecule has 6 aromatic carbocycles. The molecule has 1 heterocycles. The zero-order chi connectivity index (χ0) is 30.9. The highest BCUT2D eigenvalue weighted by atomic mass is 32.1. The predicted molar refractivity (Wildman–Crippen MR) is 180 cm³/mol. The van der Waals surface area contributed by atoms with Crippen LogP contribution in [0.1, 0.15) is 22.3 Å². The second kappa shape index (κ2) is 11.3. The lowest BCUT2D eigenvalue weighted by Gasteiger charge is -2.14. The summed E-state index contributed by atoms with van der Waals surface area (Å²) in [5.41, 5.74) is 8.66. The molecule has 0 N–H and O–H groups in total. The second-order valence-corrected chi connectivity index (χ2v) is 11.6. The standard InChI is InChI=1S/C40H20N4S/c41-21-27-7-5-8-28(22-42)39(27)33-13-3-1-11-31(33)25-15-17-37-35(19-25)36-20-26(16-18-38(36)45-37)32-12-2-4-14-34(32)40-29(23-43)9-6-10-30(40)24-44/h1-20H. The maximum atomic E-state index is 9.87. The van der Waals surface area contributed by atoms with E-state index in [2.05, 4.69) is 60.7 Å². The molecule has 0 fully saturated rings. The molecule has 7 aromatic rings. The summed E-state index contributed by atoms with van der Waals surface area (Å²) in [5, 5.41) is 41.7. The van der Waals surface area contributed by atoms with Crippen LogP contribution in [0.2, 0.25) is 0 Å². The van der Waals surface area contributed by atoms with Gasteiger partial charge in [0.2, 0.25) is 0 Å². The average Bonchev–Trinajstić information content (AvgIpc) is 3.48. The Hall–Kier alpha value is -6.50. The highest BCUT2D eigenvalue weighted by Crippen LogP contribution is 2.43. The molecular formula is C40H20N4S. The molecule has 0 radical (unpaired) electrons. The van der Waals surface area contributed by atoms with Gasteiger partial charge in [-0.05, 0) is 81.9 Å². The highest BCUT2D eigenvalue weighted by Gasteiger charge is 2.18. The second-order valence-electron chi connectivity index (χ2n) is 10.5. The number of rotatable bonds is 4. The van der Waals surface area contributed by atoms with Gasteiger partial charge in [-0.15, -0.1) is 11.3 Å². The minimum Gasteiger partial charge on any atom is -0.192 e. The number of benzene rings is 6. The summed E-state index contributed by atoms with van der Waals surface area (Å²) in [7, 11) is 0. The SMILES string of the molecule is N#Cc1cccc(C#N)c1-c1ccccc1-c1ccc2sc3ccc(-c4ccccc4-c4c(C#N)cccc4C#N)cc3c2c1. The Labute approximate surface area is 264 Å². The lowest BCUT2D eigenvalue weighted by atomic mass is 9.88. The van der Waals surface area contributed by atoms with E-state index in [1.807, 2.05) is 48.5 Å². The Morgan fingerprint density at radius 2 is 0.733 bits per heavy atom. The van der Waals surface area contributed by atoms with Crippen LogP contribution >= 0.6 is 11.3 Å². The topological polar surface area (TPSA) is 95.2 Å². The van der Waals surface area contributed by atoms with E-state index in [0.717, 1.165) is 53.6 Å². The molecule has 0 unspecified atom stereocenters. The van der Waals surface area contributed by atoms with Gasteiger partial charge < -0.3 is 0 Å². The van der Waals surface area contributed by atoms with Crippen molar-refractivity contribution in [3.63, 3.8) is 0 Å². The van der Waals surface area contributed by atoms with E-state index in [-0.39, 0.29) is 0 Å². The number of nitriles is 4. The maximum absolute atomic E-state index is 9.87. The van der Waals surface area contributed by atoms with Crippen LogP contribution < -0.4 is 0 Å². The summed E-state index contributed by atoms with van der Waals surface area (Å²) in [5.74, 6) is 0. The fourth-order valence-electron chi connectivity index (χ4n) is 6.08. The molecular weight excluding hydrogens is 569 g/mol. The van der Waals surface area contributed by atoms with E-state index in [0.29, 0.717) is 33.4 Å². The summed E-state index contributed by atoms with van der Waals surface area (Å²) in [6.45, 7) is 0. The van der Waals surface area contributed by atoms with Gasteiger partial charge >= 0.3 is 0 Å². The van der Waals surface area contributed by atoms with Crippen molar-refractivity contribution in [3.05, 3.63) is 144 Å². The lowest BCUT2D eigenvalue weighted by molar-refractivity contribution is 1.44. The maximum Gasteiger partial charge on any atom is 0.0998 e. The molecule has 0 spiro atoms. The van der Waals surface area contributed by atoms with Crippen molar-refractivity contribution in [1.82, 2.24) is 0 Å². The van der Waals surface area contributed by atoms with E-state index in [4.69, 9.17) is 0 Å². The third-order valence-electron chi connectivity index (χ3n) is 8.09. The summed E-state index contributed by atoms with van der Waals surface area (Å²) >= 11 is 1.72. The summed E-state index contributed by atoms with van der Waals surface area (Å²) < 4.78 is 2.29. The van der Waals surface area contributed by atoms with Gasteiger partial charge in [0.25, 0.3) is 0 Å². The van der Waals surface area contributed by atoms with Crippen LogP contribution in [0.4, 0.5) is 0 Å². The van der Waals surface area contributed by atoms with E-state index < -0.39 is 0 Å². The molecule has 0 saturated heterocycles. The monoisotopic (exact) mass is 588 g/mol. The highest BCUT2D eigenvalue weighted by molar-refractivity contribution is 7.25. The van der Waals surface area contributed by atoms with Crippen LogP contribution in [0, 0.1) is 45.3 Å². The van der Waals surface area contributed by atoms with Crippen molar-refractivity contribution in [2.45, 2.75) is 0 Å². The quantitative estimate of drug-likeness (QED) is 0.204. The van der Waals surface area contributed by atoms with Crippen molar-refractivity contribution in [3.8, 4) is 68.8 Å². The number of hydrogen-bond acceptors (Lipinski definition) is 5. The van der Waals surface area contributed by atoms with Crippen LogP contribution in [0.15, 0.2) is 121 Å². The zero-order valence-corrected chi connectivity index (χ0v) is 24.6. The van der Waals surface area contributed by atoms with Crippen molar-refractivity contribution < 1.29 is 0 Å². The summed E-state index contributed by atoms with van der Waals surface area (Å²) in [6.07, 6.45) is 0. The fourth-order valence-corrected chi connectivity index (χ4v) is 7.14. The van der Waals surface area contributed by atoms with Gasteiger partial charge in [-0.2, -0.15) is 21.0 Å². The van der Waals surface area contributed by atoms with E-state index >= 15 is 0 Å². The number of thiophene rings is 1. The summed E-state index contributed by atoms with van der Waals surface area (Å²) in [6, 6.07) is 48.1. The summed E-state index contributed by atoms with van der Waals surface area (Å²) in [4.78, 5) is 0. The van der Waals surface area contributed by atoms with Crippen LogP contribution in [0.25, 0.3) is 64.7 Å². The molecule has 0 aliphatic rings. The minimum absolute atomic E-state index is 0.462. The van der Waals surface area contributed by atoms with E-state index in [1.165, 1.54) is 0 Å². The number of nitrogens with zero attached hydrogens (tertiary/aromatic N) is 4. The average molecular weight is 589 g/mol. The van der Waals surface area contributed by atoms with Crippen LogP contribution in [0.5, 0.6) is 0 Å². The molecule has 0 amide bonds. The Bertz CT molecular complexity index is 2260. The first-order valence-electron chi connectivity index (χ1n) is 14.2. The van der Waals surface area contributed by atoms with Crippen molar-refractivity contribution in [1.29, 1.82) is 21.0 Å². The minimum atomic E-state index is 0.462. The van der Waals surface area contributed by atoms with Crippen molar-refractivity contribution in [2.24, 2.45) is 0 Å². The van der Waals surface area contributed by atoms with Crippen molar-refractivity contribution >= 4 is 31.5 Å². The van der Waals surface area contributed by atoms with Gasteiger partial charge in [0.15, 0.2) is 0 Å². The smallest absolute Gasteiger partial charge is 0.0998 e. The third-order valence-corrected chi connectivity index (χ3v) is 9.25. The third kappa shape index (κ3) is 4.59.